The molecule has 10 aromatic rings. The van der Waals surface area contributed by atoms with Gasteiger partial charge in [-0.15, -0.1) is 11.3 Å². The zero-order valence-electron chi connectivity index (χ0n) is 26.5. The highest BCUT2D eigenvalue weighted by atomic mass is 32.1. The molecule has 0 aliphatic heterocycles. The standard InChI is InChI=1S/C46H29NOS/c1-2-11-30(12-3-1)31-21-25-33(26-22-31)47(41-17-10-19-43-45(41)38-16-6-8-18-42(38)48-43)34-27-23-32(24-28-34)39-29-40-36-14-7-9-20-44(36)49-46(40)37-15-5-4-13-35(37)39/h1-29H. The van der Waals surface area contributed by atoms with Crippen LogP contribution in [0.5, 0.6) is 0 Å². The largest absolute Gasteiger partial charge is 0.456 e. The summed E-state index contributed by atoms with van der Waals surface area (Å²) >= 11 is 1.88. The summed E-state index contributed by atoms with van der Waals surface area (Å²) in [5, 5.41) is 7.43. The van der Waals surface area contributed by atoms with E-state index < -0.39 is 0 Å². The van der Waals surface area contributed by atoms with E-state index in [9.17, 15) is 0 Å². The predicted molar refractivity (Wildman–Crippen MR) is 210 cm³/mol. The third kappa shape index (κ3) is 4.55. The van der Waals surface area contributed by atoms with E-state index in [2.05, 4.69) is 169 Å². The first kappa shape index (κ1) is 27.9. The van der Waals surface area contributed by atoms with Gasteiger partial charge in [0.05, 0.1) is 11.1 Å². The van der Waals surface area contributed by atoms with Crippen molar-refractivity contribution in [3.63, 3.8) is 0 Å². The fraction of sp³-hybridized carbons (Fsp3) is 0. The molecule has 0 aliphatic rings. The van der Waals surface area contributed by atoms with Crippen LogP contribution in [0.25, 0.3) is 75.1 Å². The molecule has 8 aromatic carbocycles. The van der Waals surface area contributed by atoms with Crippen LogP contribution in [0.4, 0.5) is 17.1 Å². The second kappa shape index (κ2) is 11.2. The summed E-state index contributed by atoms with van der Waals surface area (Å²) in [6.07, 6.45) is 0. The van der Waals surface area contributed by atoms with Crippen LogP contribution in [0.3, 0.4) is 0 Å². The van der Waals surface area contributed by atoms with E-state index in [1.54, 1.807) is 0 Å². The van der Waals surface area contributed by atoms with Gasteiger partial charge in [0.25, 0.3) is 0 Å². The van der Waals surface area contributed by atoms with Crippen LogP contribution in [0.1, 0.15) is 0 Å². The molecule has 2 heterocycles. The van der Waals surface area contributed by atoms with Gasteiger partial charge in [-0.3, -0.25) is 0 Å². The van der Waals surface area contributed by atoms with Crippen LogP contribution in [-0.2, 0) is 0 Å². The molecule has 0 saturated carbocycles. The average Bonchev–Trinajstić information content (AvgIpc) is 3.75. The van der Waals surface area contributed by atoms with E-state index in [0.29, 0.717) is 0 Å². The van der Waals surface area contributed by atoms with Crippen molar-refractivity contribution in [3.05, 3.63) is 176 Å². The van der Waals surface area contributed by atoms with Gasteiger partial charge in [0, 0.05) is 42.3 Å². The van der Waals surface area contributed by atoms with Crippen LogP contribution in [-0.4, -0.2) is 0 Å². The molecule has 230 valence electrons. The van der Waals surface area contributed by atoms with E-state index in [1.165, 1.54) is 53.2 Å². The van der Waals surface area contributed by atoms with Crippen LogP contribution in [0.15, 0.2) is 180 Å². The Bertz CT molecular complexity index is 2810. The number of nitrogens with zero attached hydrogens (tertiary/aromatic N) is 1. The van der Waals surface area contributed by atoms with Crippen LogP contribution >= 0.6 is 11.3 Å². The number of anilines is 3. The lowest BCUT2D eigenvalue weighted by molar-refractivity contribution is 0.669. The Kier molecular flexibility index (Phi) is 6.39. The van der Waals surface area contributed by atoms with Gasteiger partial charge in [-0.25, -0.2) is 0 Å². The van der Waals surface area contributed by atoms with Crippen molar-refractivity contribution < 1.29 is 4.42 Å². The van der Waals surface area contributed by atoms with Crippen molar-refractivity contribution in [1.82, 2.24) is 0 Å². The molecule has 0 N–H and O–H groups in total. The molecule has 0 unspecified atom stereocenters. The summed E-state index contributed by atoms with van der Waals surface area (Å²) in [7, 11) is 0. The van der Waals surface area contributed by atoms with E-state index in [1.807, 2.05) is 23.5 Å². The normalized spacial score (nSPS) is 11.7. The second-order valence-corrected chi connectivity index (χ2v) is 13.5. The molecule has 0 atom stereocenters. The van der Waals surface area contributed by atoms with Crippen LogP contribution in [0.2, 0.25) is 0 Å². The maximum absolute atomic E-state index is 6.34. The highest BCUT2D eigenvalue weighted by molar-refractivity contribution is 7.26. The lowest BCUT2D eigenvalue weighted by Crippen LogP contribution is -2.10. The summed E-state index contributed by atoms with van der Waals surface area (Å²) in [6, 6.07) is 63.1. The number of para-hydroxylation sites is 1. The number of rotatable bonds is 5. The molecule has 2 aromatic heterocycles. The molecule has 3 heteroatoms. The Labute approximate surface area is 287 Å². The van der Waals surface area contributed by atoms with Gasteiger partial charge in [0.1, 0.15) is 11.2 Å². The first-order valence-corrected chi connectivity index (χ1v) is 17.4. The maximum Gasteiger partial charge on any atom is 0.137 e. The molecular weight excluding hydrogens is 615 g/mol. The van der Waals surface area contributed by atoms with Crippen molar-refractivity contribution in [3.8, 4) is 22.3 Å². The molecule has 49 heavy (non-hydrogen) atoms. The molecule has 0 spiro atoms. The zero-order valence-corrected chi connectivity index (χ0v) is 27.3. The van der Waals surface area contributed by atoms with Crippen molar-refractivity contribution in [2.75, 3.05) is 4.90 Å². The summed E-state index contributed by atoms with van der Waals surface area (Å²) < 4.78 is 9.02. The quantitative estimate of drug-likeness (QED) is 0.186. The van der Waals surface area contributed by atoms with Crippen molar-refractivity contribution in [1.29, 1.82) is 0 Å². The van der Waals surface area contributed by atoms with Crippen LogP contribution < -0.4 is 4.90 Å². The number of thiophene rings is 1. The van der Waals surface area contributed by atoms with Gasteiger partial charge in [-0.1, -0.05) is 121 Å². The summed E-state index contributed by atoms with van der Waals surface area (Å²) in [5.74, 6) is 0. The lowest BCUT2D eigenvalue weighted by atomic mass is 9.95. The van der Waals surface area contributed by atoms with Gasteiger partial charge in [0.2, 0.25) is 0 Å². The van der Waals surface area contributed by atoms with E-state index in [-0.39, 0.29) is 0 Å². The Hall–Kier alpha value is -6.16. The SMILES string of the molecule is c1ccc(-c2ccc(N(c3ccc(-c4cc5c6ccccc6sc5c5ccccc45)cc3)c3cccc4oc5ccccc5c34)cc2)cc1. The number of hydrogen-bond donors (Lipinski definition) is 0. The topological polar surface area (TPSA) is 16.4 Å². The number of hydrogen-bond acceptors (Lipinski definition) is 3. The molecule has 0 aliphatic carbocycles. The Morgan fingerprint density at radius 2 is 1.00 bits per heavy atom. The minimum Gasteiger partial charge on any atom is -0.456 e. The first-order valence-electron chi connectivity index (χ1n) is 16.6. The smallest absolute Gasteiger partial charge is 0.137 e. The monoisotopic (exact) mass is 643 g/mol. The van der Waals surface area contributed by atoms with Gasteiger partial charge in [-0.05, 0) is 82.2 Å². The average molecular weight is 644 g/mol. The maximum atomic E-state index is 6.34. The van der Waals surface area contributed by atoms with Crippen molar-refractivity contribution in [2.45, 2.75) is 0 Å². The first-order chi connectivity index (χ1) is 24.3. The highest BCUT2D eigenvalue weighted by Crippen LogP contribution is 2.45. The number of furan rings is 1. The second-order valence-electron chi connectivity index (χ2n) is 12.5. The summed E-state index contributed by atoms with van der Waals surface area (Å²) in [4.78, 5) is 2.36. The molecular formula is C46H29NOS. The fourth-order valence-electron chi connectivity index (χ4n) is 7.38. The van der Waals surface area contributed by atoms with Gasteiger partial charge in [-0.2, -0.15) is 0 Å². The zero-order chi connectivity index (χ0) is 32.3. The van der Waals surface area contributed by atoms with Gasteiger partial charge >= 0.3 is 0 Å². The molecule has 0 saturated heterocycles. The Morgan fingerprint density at radius 3 is 1.78 bits per heavy atom. The lowest BCUT2D eigenvalue weighted by Gasteiger charge is -2.26. The van der Waals surface area contributed by atoms with E-state index >= 15 is 0 Å². The van der Waals surface area contributed by atoms with Gasteiger partial charge in [0.15, 0.2) is 0 Å². The number of fused-ring (bicyclic) bond motifs is 8. The molecule has 0 fully saturated rings. The van der Waals surface area contributed by atoms with Crippen LogP contribution in [0, 0.1) is 0 Å². The Balaban J connectivity index is 1.15. The van der Waals surface area contributed by atoms with E-state index in [4.69, 9.17) is 4.42 Å². The third-order valence-corrected chi connectivity index (χ3v) is 10.9. The fourth-order valence-corrected chi connectivity index (χ4v) is 8.60. The molecule has 2 nitrogen and oxygen atoms in total. The van der Waals surface area contributed by atoms with Gasteiger partial charge < -0.3 is 9.32 Å². The molecule has 0 radical (unpaired) electrons. The van der Waals surface area contributed by atoms with Crippen molar-refractivity contribution in [2.24, 2.45) is 0 Å². The summed E-state index contributed by atoms with van der Waals surface area (Å²) in [6.45, 7) is 0. The Morgan fingerprint density at radius 1 is 0.408 bits per heavy atom. The molecule has 0 bridgehead atoms. The molecule has 0 amide bonds. The van der Waals surface area contributed by atoms with Crippen molar-refractivity contribution >= 4 is 81.3 Å². The minimum absolute atomic E-state index is 0.879. The third-order valence-electron chi connectivity index (χ3n) is 9.67. The number of benzene rings is 8. The summed E-state index contributed by atoms with van der Waals surface area (Å²) in [5.41, 5.74) is 9.86. The molecule has 10 rings (SSSR count). The van der Waals surface area contributed by atoms with E-state index in [0.717, 1.165) is 39.0 Å². The predicted octanol–water partition coefficient (Wildman–Crippen LogP) is 13.9. The highest BCUT2D eigenvalue weighted by Gasteiger charge is 2.20. The minimum atomic E-state index is 0.879.